The molecule has 0 aliphatic heterocycles. The van der Waals surface area contributed by atoms with Gasteiger partial charge in [0.1, 0.15) is 11.5 Å². The van der Waals surface area contributed by atoms with Crippen LogP contribution in [0.2, 0.25) is 0 Å². The number of benzene rings is 1. The molecule has 6 nitrogen and oxygen atoms in total. The number of hydrogen-bond acceptors (Lipinski definition) is 4. The predicted octanol–water partition coefficient (Wildman–Crippen LogP) is 2.45. The lowest BCUT2D eigenvalue weighted by molar-refractivity contribution is -0.122. The lowest BCUT2D eigenvalue weighted by Gasteiger charge is -2.15. The number of nitrogens with zero attached hydrogens (tertiary/aromatic N) is 2. The predicted molar refractivity (Wildman–Crippen MR) is 84.4 cm³/mol. The third kappa shape index (κ3) is 3.39. The summed E-state index contributed by atoms with van der Waals surface area (Å²) >= 11 is 0. The fourth-order valence-corrected chi connectivity index (χ4v) is 2.09. The molecule has 2 aromatic rings. The molecule has 0 aliphatic rings. The summed E-state index contributed by atoms with van der Waals surface area (Å²) in [4.78, 5) is 12.3. The summed E-state index contributed by atoms with van der Waals surface area (Å²) in [7, 11) is 3.44. The molecule has 22 heavy (non-hydrogen) atoms. The number of carbonyl (C=O) groups excluding carboxylic acids is 1. The molecule has 1 amide bonds. The molecule has 1 atom stereocenters. The van der Waals surface area contributed by atoms with Gasteiger partial charge in [-0.3, -0.25) is 9.48 Å². The van der Waals surface area contributed by atoms with E-state index in [2.05, 4.69) is 10.4 Å². The van der Waals surface area contributed by atoms with Gasteiger partial charge in [-0.1, -0.05) is 0 Å². The van der Waals surface area contributed by atoms with Gasteiger partial charge >= 0.3 is 0 Å². The Morgan fingerprint density at radius 1 is 1.23 bits per heavy atom. The molecular weight excluding hydrogens is 282 g/mol. The number of methoxy groups -OCH3 is 1. The molecule has 0 radical (unpaired) electrons. The van der Waals surface area contributed by atoms with Crippen molar-refractivity contribution in [2.24, 2.45) is 7.05 Å². The lowest BCUT2D eigenvalue weighted by Crippen LogP contribution is -2.30. The maximum absolute atomic E-state index is 12.3. The molecule has 1 heterocycles. The fourth-order valence-electron chi connectivity index (χ4n) is 2.09. The van der Waals surface area contributed by atoms with Gasteiger partial charge in [0.05, 0.1) is 24.2 Å². The summed E-state index contributed by atoms with van der Waals surface area (Å²) in [6, 6.07) is 7.11. The molecular formula is C16H21N3O3. The summed E-state index contributed by atoms with van der Waals surface area (Å²) in [6.45, 7) is 5.48. The second-order valence-electron chi connectivity index (χ2n) is 5.09. The zero-order valence-corrected chi connectivity index (χ0v) is 13.5. The van der Waals surface area contributed by atoms with E-state index in [4.69, 9.17) is 9.47 Å². The third-order valence-electron chi connectivity index (χ3n) is 3.50. The van der Waals surface area contributed by atoms with E-state index in [1.165, 1.54) is 0 Å². The lowest BCUT2D eigenvalue weighted by atomic mass is 10.2. The van der Waals surface area contributed by atoms with Crippen molar-refractivity contribution in [1.29, 1.82) is 0 Å². The van der Waals surface area contributed by atoms with Crippen molar-refractivity contribution in [3.63, 3.8) is 0 Å². The van der Waals surface area contributed by atoms with Crippen molar-refractivity contribution in [2.75, 3.05) is 12.4 Å². The molecule has 1 unspecified atom stereocenters. The van der Waals surface area contributed by atoms with E-state index in [0.717, 1.165) is 22.8 Å². The average Bonchev–Trinajstić information content (AvgIpc) is 2.74. The minimum atomic E-state index is -0.618. The Bertz CT molecular complexity index is 662. The van der Waals surface area contributed by atoms with Crippen LogP contribution in [0.1, 0.15) is 18.3 Å². The molecule has 1 aromatic heterocycles. The second kappa shape index (κ2) is 6.51. The van der Waals surface area contributed by atoms with Crippen LogP contribution < -0.4 is 14.8 Å². The topological polar surface area (TPSA) is 65.4 Å². The van der Waals surface area contributed by atoms with E-state index in [0.29, 0.717) is 5.75 Å². The smallest absolute Gasteiger partial charge is 0.265 e. The number of ether oxygens (including phenoxy) is 2. The van der Waals surface area contributed by atoms with Crippen LogP contribution in [-0.2, 0) is 11.8 Å². The van der Waals surface area contributed by atoms with Crippen LogP contribution in [-0.4, -0.2) is 28.9 Å². The minimum Gasteiger partial charge on any atom is -0.497 e. The van der Waals surface area contributed by atoms with Crippen molar-refractivity contribution in [1.82, 2.24) is 9.78 Å². The number of aromatic nitrogens is 2. The Morgan fingerprint density at radius 3 is 2.32 bits per heavy atom. The van der Waals surface area contributed by atoms with Crippen LogP contribution in [0, 0.1) is 13.8 Å². The highest BCUT2D eigenvalue weighted by Crippen LogP contribution is 2.21. The van der Waals surface area contributed by atoms with E-state index >= 15 is 0 Å². The van der Waals surface area contributed by atoms with Crippen LogP contribution >= 0.6 is 0 Å². The Morgan fingerprint density at radius 2 is 1.82 bits per heavy atom. The summed E-state index contributed by atoms with van der Waals surface area (Å²) in [5, 5.41) is 7.14. The van der Waals surface area contributed by atoms with Gasteiger partial charge in [-0.05, 0) is 45.0 Å². The summed E-state index contributed by atoms with van der Waals surface area (Å²) < 4.78 is 12.5. The van der Waals surface area contributed by atoms with E-state index in [1.54, 1.807) is 43.0 Å². The Kier molecular flexibility index (Phi) is 4.70. The molecule has 6 heteroatoms. The third-order valence-corrected chi connectivity index (χ3v) is 3.50. The van der Waals surface area contributed by atoms with Gasteiger partial charge in [0.15, 0.2) is 6.10 Å². The Balaban J connectivity index is 2.02. The maximum atomic E-state index is 12.3. The highest BCUT2D eigenvalue weighted by atomic mass is 16.5. The quantitative estimate of drug-likeness (QED) is 0.921. The molecule has 0 spiro atoms. The first-order chi connectivity index (χ1) is 10.4. The van der Waals surface area contributed by atoms with Crippen molar-refractivity contribution >= 4 is 11.6 Å². The van der Waals surface area contributed by atoms with Crippen LogP contribution in [0.15, 0.2) is 24.3 Å². The summed E-state index contributed by atoms with van der Waals surface area (Å²) in [6.07, 6.45) is -0.618. The number of aryl methyl sites for hydroxylation is 2. The standard InChI is InChI=1S/C16H21N3O3/c1-10-15(11(2)19(4)18-10)17-16(20)12(3)22-14-8-6-13(21-5)7-9-14/h6-9,12H,1-5H3,(H,17,20). The van der Waals surface area contributed by atoms with Gasteiger partial charge in [0.25, 0.3) is 5.91 Å². The van der Waals surface area contributed by atoms with Gasteiger partial charge in [-0.2, -0.15) is 5.10 Å². The molecule has 1 N–H and O–H groups in total. The Hall–Kier alpha value is -2.50. The molecule has 1 aromatic carbocycles. The number of anilines is 1. The number of amides is 1. The van der Waals surface area contributed by atoms with E-state index in [9.17, 15) is 4.79 Å². The number of carbonyl (C=O) groups is 1. The van der Waals surface area contributed by atoms with Gasteiger partial charge in [0.2, 0.25) is 0 Å². The van der Waals surface area contributed by atoms with E-state index in [-0.39, 0.29) is 5.91 Å². The van der Waals surface area contributed by atoms with Gasteiger partial charge in [-0.25, -0.2) is 0 Å². The van der Waals surface area contributed by atoms with Crippen LogP contribution in [0.25, 0.3) is 0 Å². The monoisotopic (exact) mass is 303 g/mol. The molecule has 0 bridgehead atoms. The number of nitrogens with one attached hydrogen (secondary N) is 1. The fraction of sp³-hybridized carbons (Fsp3) is 0.375. The molecule has 0 aliphatic carbocycles. The van der Waals surface area contributed by atoms with Crippen LogP contribution in [0.3, 0.4) is 0 Å². The van der Waals surface area contributed by atoms with Crippen molar-refractivity contribution in [2.45, 2.75) is 26.9 Å². The van der Waals surface area contributed by atoms with E-state index < -0.39 is 6.10 Å². The number of rotatable bonds is 5. The second-order valence-corrected chi connectivity index (χ2v) is 5.09. The van der Waals surface area contributed by atoms with Gasteiger partial charge in [0, 0.05) is 7.05 Å². The molecule has 2 rings (SSSR count). The van der Waals surface area contributed by atoms with E-state index in [1.807, 2.05) is 20.9 Å². The molecule has 118 valence electrons. The van der Waals surface area contributed by atoms with Crippen molar-refractivity contribution < 1.29 is 14.3 Å². The first-order valence-corrected chi connectivity index (χ1v) is 7.04. The highest BCUT2D eigenvalue weighted by Gasteiger charge is 2.18. The number of hydrogen-bond donors (Lipinski definition) is 1. The molecule has 0 saturated carbocycles. The van der Waals surface area contributed by atoms with Crippen LogP contribution in [0.4, 0.5) is 5.69 Å². The van der Waals surface area contributed by atoms with Crippen molar-refractivity contribution in [3.05, 3.63) is 35.7 Å². The van der Waals surface area contributed by atoms with Crippen molar-refractivity contribution in [3.8, 4) is 11.5 Å². The van der Waals surface area contributed by atoms with Gasteiger partial charge in [-0.15, -0.1) is 0 Å². The van der Waals surface area contributed by atoms with Crippen LogP contribution in [0.5, 0.6) is 11.5 Å². The summed E-state index contributed by atoms with van der Waals surface area (Å²) in [5.41, 5.74) is 2.42. The summed E-state index contributed by atoms with van der Waals surface area (Å²) in [5.74, 6) is 1.14. The normalized spacial score (nSPS) is 11.9. The zero-order chi connectivity index (χ0) is 16.3. The molecule has 0 fully saturated rings. The molecule has 0 saturated heterocycles. The minimum absolute atomic E-state index is 0.213. The largest absolute Gasteiger partial charge is 0.497 e. The zero-order valence-electron chi connectivity index (χ0n) is 13.5. The maximum Gasteiger partial charge on any atom is 0.265 e. The Labute approximate surface area is 130 Å². The average molecular weight is 303 g/mol. The van der Waals surface area contributed by atoms with Gasteiger partial charge < -0.3 is 14.8 Å². The SMILES string of the molecule is COc1ccc(OC(C)C(=O)Nc2c(C)nn(C)c2C)cc1. The first kappa shape index (κ1) is 15.9. The first-order valence-electron chi connectivity index (χ1n) is 7.04. The highest BCUT2D eigenvalue weighted by molar-refractivity contribution is 5.95.